The number of thiocarbonyl (C=S) groups is 1. The Bertz CT molecular complexity index is 337. The zero-order valence-electron chi connectivity index (χ0n) is 8.40. The predicted molar refractivity (Wildman–Crippen MR) is 64.7 cm³/mol. The lowest BCUT2D eigenvalue weighted by Crippen LogP contribution is -2.31. The van der Waals surface area contributed by atoms with Crippen LogP contribution in [-0.2, 0) is 4.79 Å². The molecule has 1 amide bonds. The van der Waals surface area contributed by atoms with Crippen molar-refractivity contribution in [2.45, 2.75) is 25.8 Å². The van der Waals surface area contributed by atoms with Gasteiger partial charge in [-0.15, -0.1) is 11.3 Å². The minimum absolute atomic E-state index is 0.0353. The topological polar surface area (TPSA) is 68.0 Å². The highest BCUT2D eigenvalue weighted by atomic mass is 32.1. The van der Waals surface area contributed by atoms with E-state index in [0.29, 0.717) is 0 Å². The Morgan fingerprint density at radius 1 is 1.80 bits per heavy atom. The molecule has 0 aliphatic rings. The van der Waals surface area contributed by atoms with Crippen molar-refractivity contribution in [3.05, 3.63) is 16.6 Å². The van der Waals surface area contributed by atoms with Gasteiger partial charge in [-0.05, 0) is 6.42 Å². The van der Waals surface area contributed by atoms with E-state index >= 15 is 0 Å². The number of carbonyl (C=O) groups excluding carboxylic acids is 1. The van der Waals surface area contributed by atoms with Crippen LogP contribution in [0.15, 0.2) is 11.6 Å². The third kappa shape index (κ3) is 3.93. The van der Waals surface area contributed by atoms with Crippen LogP contribution < -0.4 is 11.1 Å². The quantitative estimate of drug-likeness (QED) is 0.767. The average molecular weight is 243 g/mol. The molecule has 0 aromatic carbocycles. The number of carbonyl (C=O) groups is 1. The Hall–Kier alpha value is -1.01. The van der Waals surface area contributed by atoms with Crippen LogP contribution in [0.25, 0.3) is 0 Å². The van der Waals surface area contributed by atoms with Crippen LogP contribution in [0, 0.1) is 0 Å². The molecule has 0 radical (unpaired) electrons. The first-order chi connectivity index (χ1) is 7.13. The van der Waals surface area contributed by atoms with Gasteiger partial charge < -0.3 is 11.1 Å². The lowest BCUT2D eigenvalue weighted by Gasteiger charge is -2.13. The molecule has 1 atom stereocenters. The van der Waals surface area contributed by atoms with Gasteiger partial charge in [0.1, 0.15) is 5.01 Å². The van der Waals surface area contributed by atoms with Gasteiger partial charge in [-0.1, -0.05) is 19.1 Å². The number of rotatable bonds is 5. The smallest absolute Gasteiger partial charge is 0.227 e. The maximum Gasteiger partial charge on any atom is 0.227 e. The summed E-state index contributed by atoms with van der Waals surface area (Å²) in [5, 5.41) is 5.64. The van der Waals surface area contributed by atoms with Crippen LogP contribution in [0.4, 0.5) is 0 Å². The Morgan fingerprint density at radius 3 is 3.00 bits per heavy atom. The van der Waals surface area contributed by atoms with Crippen molar-refractivity contribution in [1.29, 1.82) is 0 Å². The third-order valence-electron chi connectivity index (χ3n) is 1.83. The molecule has 1 unspecified atom stereocenters. The van der Waals surface area contributed by atoms with Crippen molar-refractivity contribution in [3.63, 3.8) is 0 Å². The largest absolute Gasteiger partial charge is 0.393 e. The number of hydrogen-bond donors (Lipinski definition) is 2. The molecule has 82 valence electrons. The second kappa shape index (κ2) is 5.77. The van der Waals surface area contributed by atoms with Gasteiger partial charge in [-0.3, -0.25) is 4.79 Å². The number of nitrogens with one attached hydrogen (secondary N) is 1. The van der Waals surface area contributed by atoms with Crippen LogP contribution in [-0.4, -0.2) is 15.9 Å². The van der Waals surface area contributed by atoms with Gasteiger partial charge in [0.05, 0.1) is 17.5 Å². The molecule has 1 rings (SSSR count). The van der Waals surface area contributed by atoms with Gasteiger partial charge in [0.15, 0.2) is 0 Å². The van der Waals surface area contributed by atoms with Crippen molar-refractivity contribution in [2.75, 3.05) is 0 Å². The van der Waals surface area contributed by atoms with E-state index in [1.807, 2.05) is 12.3 Å². The predicted octanol–water partition coefficient (Wildman–Crippen LogP) is 1.39. The van der Waals surface area contributed by atoms with Crippen LogP contribution >= 0.6 is 23.6 Å². The van der Waals surface area contributed by atoms with Gasteiger partial charge in [0, 0.05) is 11.6 Å². The first-order valence-electron chi connectivity index (χ1n) is 4.60. The molecule has 15 heavy (non-hydrogen) atoms. The highest BCUT2D eigenvalue weighted by molar-refractivity contribution is 7.80. The molecule has 0 spiro atoms. The van der Waals surface area contributed by atoms with Gasteiger partial charge in [-0.25, -0.2) is 4.98 Å². The summed E-state index contributed by atoms with van der Waals surface area (Å²) in [7, 11) is 0. The van der Waals surface area contributed by atoms with Crippen LogP contribution in [0.1, 0.15) is 30.8 Å². The lowest BCUT2D eigenvalue weighted by atomic mass is 10.2. The first kappa shape index (κ1) is 12.1. The molecule has 0 saturated heterocycles. The van der Waals surface area contributed by atoms with E-state index in [1.54, 1.807) is 6.20 Å². The molecule has 6 heteroatoms. The van der Waals surface area contributed by atoms with Gasteiger partial charge in [0.25, 0.3) is 0 Å². The Balaban J connectivity index is 2.54. The van der Waals surface area contributed by atoms with E-state index in [0.717, 1.165) is 11.4 Å². The zero-order chi connectivity index (χ0) is 11.3. The van der Waals surface area contributed by atoms with E-state index in [4.69, 9.17) is 5.73 Å². The fourth-order valence-corrected chi connectivity index (χ4v) is 2.05. The minimum atomic E-state index is -0.149. The lowest BCUT2D eigenvalue weighted by molar-refractivity contribution is -0.120. The van der Waals surface area contributed by atoms with Crippen LogP contribution in [0.5, 0.6) is 0 Å². The number of thiazole rings is 1. The summed E-state index contributed by atoms with van der Waals surface area (Å²) in [5.74, 6) is -0.149. The average Bonchev–Trinajstić information content (AvgIpc) is 2.65. The highest BCUT2D eigenvalue weighted by Gasteiger charge is 2.14. The van der Waals surface area contributed by atoms with Gasteiger partial charge in [-0.2, -0.15) is 0 Å². The third-order valence-corrected chi connectivity index (χ3v) is 2.86. The maximum absolute atomic E-state index is 11.4. The Kier molecular flexibility index (Phi) is 4.64. The molecule has 0 aliphatic carbocycles. The summed E-state index contributed by atoms with van der Waals surface area (Å²) in [6.07, 6.45) is 2.62. The number of hydrogen-bond acceptors (Lipinski definition) is 4. The Labute approximate surface area is 97.9 Å². The summed E-state index contributed by atoms with van der Waals surface area (Å²) in [4.78, 5) is 15.8. The highest BCUT2D eigenvalue weighted by Crippen LogP contribution is 2.18. The molecule has 0 saturated carbocycles. The van der Waals surface area contributed by atoms with Crippen molar-refractivity contribution in [1.82, 2.24) is 10.3 Å². The summed E-state index contributed by atoms with van der Waals surface area (Å²) in [6, 6.07) is -0.0353. The van der Waals surface area contributed by atoms with E-state index in [1.165, 1.54) is 11.3 Å². The van der Waals surface area contributed by atoms with Crippen LogP contribution in [0.3, 0.4) is 0 Å². The Morgan fingerprint density at radius 2 is 2.53 bits per heavy atom. The van der Waals surface area contributed by atoms with Gasteiger partial charge in [0.2, 0.25) is 5.91 Å². The van der Waals surface area contributed by atoms with E-state index < -0.39 is 0 Å². The van der Waals surface area contributed by atoms with Crippen molar-refractivity contribution >= 4 is 34.5 Å². The normalized spacial score (nSPS) is 12.1. The fourth-order valence-electron chi connectivity index (χ4n) is 1.15. The molecule has 0 bridgehead atoms. The van der Waals surface area contributed by atoms with E-state index in [9.17, 15) is 4.79 Å². The second-order valence-electron chi connectivity index (χ2n) is 3.04. The second-order valence-corrected chi connectivity index (χ2v) is 4.49. The minimum Gasteiger partial charge on any atom is -0.393 e. The number of aromatic nitrogens is 1. The summed E-state index contributed by atoms with van der Waals surface area (Å²) in [5.41, 5.74) is 5.29. The van der Waals surface area contributed by atoms with E-state index in [2.05, 4.69) is 22.5 Å². The molecule has 1 aromatic rings. The summed E-state index contributed by atoms with van der Waals surface area (Å²) < 4.78 is 0. The maximum atomic E-state index is 11.4. The zero-order valence-corrected chi connectivity index (χ0v) is 10.0. The monoisotopic (exact) mass is 243 g/mol. The molecule has 0 fully saturated rings. The first-order valence-corrected chi connectivity index (χ1v) is 5.89. The van der Waals surface area contributed by atoms with Crippen LogP contribution in [0.2, 0.25) is 0 Å². The van der Waals surface area contributed by atoms with Crippen molar-refractivity contribution in [2.24, 2.45) is 5.73 Å². The van der Waals surface area contributed by atoms with E-state index in [-0.39, 0.29) is 23.4 Å². The molecule has 0 aliphatic heterocycles. The number of nitrogens with two attached hydrogens (primary N) is 1. The molecular formula is C9H13N3OS2. The summed E-state index contributed by atoms with van der Waals surface area (Å²) >= 11 is 6.19. The molecule has 1 aromatic heterocycles. The van der Waals surface area contributed by atoms with Crippen molar-refractivity contribution < 1.29 is 4.79 Å². The standard InChI is InChI=1S/C9H13N3OS2/c1-2-6(9-11-3-4-15-9)12-8(13)5-7(10)14/h3-4,6H,2,5H2,1H3,(H2,10,14)(H,12,13). The number of amides is 1. The molecule has 1 heterocycles. The number of nitrogens with zero attached hydrogens (tertiary/aromatic N) is 1. The molecule has 3 N–H and O–H groups in total. The SMILES string of the molecule is CCC(NC(=O)CC(N)=S)c1nccs1. The molecule has 4 nitrogen and oxygen atoms in total. The molecular weight excluding hydrogens is 230 g/mol. The summed E-state index contributed by atoms with van der Waals surface area (Å²) in [6.45, 7) is 1.99. The van der Waals surface area contributed by atoms with Crippen molar-refractivity contribution in [3.8, 4) is 0 Å². The van der Waals surface area contributed by atoms with Gasteiger partial charge >= 0.3 is 0 Å². The fraction of sp³-hybridized carbons (Fsp3) is 0.444.